The van der Waals surface area contributed by atoms with Crippen LogP contribution in [0, 0.1) is 24.6 Å². The molecule has 2 aromatic rings. The number of anilines is 1. The lowest BCUT2D eigenvalue weighted by Gasteiger charge is -2.08. The van der Waals surface area contributed by atoms with Crippen LogP contribution in [0.4, 0.5) is 10.1 Å². The molecule has 0 aliphatic rings. The molecule has 21 heavy (non-hydrogen) atoms. The van der Waals surface area contributed by atoms with Gasteiger partial charge in [0.05, 0.1) is 11.3 Å². The summed E-state index contributed by atoms with van der Waals surface area (Å²) in [6.07, 6.45) is 0. The normalized spacial score (nSPS) is 9.67. The van der Waals surface area contributed by atoms with Crippen LogP contribution < -0.4 is 5.32 Å². The number of carbonyl (C=O) groups is 1. The van der Waals surface area contributed by atoms with Crippen molar-refractivity contribution in [3.05, 3.63) is 65.0 Å². The van der Waals surface area contributed by atoms with Gasteiger partial charge in [0.25, 0.3) is 5.91 Å². The molecule has 0 atom stereocenters. The van der Waals surface area contributed by atoms with Crippen LogP contribution >= 0.6 is 0 Å². The summed E-state index contributed by atoms with van der Waals surface area (Å²) in [5.74, 6) is 4.15. The zero-order valence-electron chi connectivity index (χ0n) is 11.5. The highest BCUT2D eigenvalue weighted by molar-refractivity contribution is 6.05. The van der Waals surface area contributed by atoms with Gasteiger partial charge in [0.1, 0.15) is 12.4 Å². The molecular formula is C17H14FNO2. The van der Waals surface area contributed by atoms with E-state index in [1.807, 2.05) is 0 Å². The molecule has 106 valence electrons. The van der Waals surface area contributed by atoms with Gasteiger partial charge >= 0.3 is 0 Å². The number of hydrogen-bond acceptors (Lipinski definition) is 2. The van der Waals surface area contributed by atoms with Crippen LogP contribution in [0.3, 0.4) is 0 Å². The van der Waals surface area contributed by atoms with Gasteiger partial charge in [0, 0.05) is 5.56 Å². The second-order valence-corrected chi connectivity index (χ2v) is 4.44. The lowest BCUT2D eigenvalue weighted by molar-refractivity contribution is 0.102. The number of aliphatic hydroxyl groups is 1. The molecule has 2 rings (SSSR count). The van der Waals surface area contributed by atoms with Gasteiger partial charge in [-0.1, -0.05) is 35.6 Å². The minimum atomic E-state index is -0.572. The Kier molecular flexibility index (Phi) is 4.70. The fourth-order valence-electron chi connectivity index (χ4n) is 1.84. The standard InChI is InChI=1S/C17H14FNO2/c1-12-8-9-15(18)14(11-12)17(21)19-16-7-3-2-5-13(16)6-4-10-20/h2-3,5,7-9,11,20H,10H2,1H3,(H,19,21). The molecule has 0 aliphatic heterocycles. The highest BCUT2D eigenvalue weighted by Gasteiger charge is 2.13. The van der Waals surface area contributed by atoms with Crippen molar-refractivity contribution >= 4 is 11.6 Å². The van der Waals surface area contributed by atoms with E-state index in [0.717, 1.165) is 5.56 Å². The first-order valence-electron chi connectivity index (χ1n) is 6.38. The predicted molar refractivity (Wildman–Crippen MR) is 79.5 cm³/mol. The summed E-state index contributed by atoms with van der Waals surface area (Å²) in [4.78, 5) is 12.2. The van der Waals surface area contributed by atoms with Crippen LogP contribution in [0.25, 0.3) is 0 Å². The fourth-order valence-corrected chi connectivity index (χ4v) is 1.84. The number of carbonyl (C=O) groups excluding carboxylic acids is 1. The van der Waals surface area contributed by atoms with E-state index < -0.39 is 11.7 Å². The number of aryl methyl sites for hydroxylation is 1. The molecular weight excluding hydrogens is 269 g/mol. The Bertz CT molecular complexity index is 729. The molecule has 2 aromatic carbocycles. The van der Waals surface area contributed by atoms with Gasteiger partial charge in [-0.2, -0.15) is 0 Å². The Balaban J connectivity index is 2.30. The summed E-state index contributed by atoms with van der Waals surface area (Å²) < 4.78 is 13.7. The summed E-state index contributed by atoms with van der Waals surface area (Å²) in [7, 11) is 0. The number of rotatable bonds is 2. The van der Waals surface area contributed by atoms with Crippen molar-refractivity contribution in [2.24, 2.45) is 0 Å². The van der Waals surface area contributed by atoms with Crippen molar-refractivity contribution in [2.75, 3.05) is 11.9 Å². The molecule has 0 heterocycles. The molecule has 0 aliphatic carbocycles. The van der Waals surface area contributed by atoms with Crippen LogP contribution in [-0.4, -0.2) is 17.6 Å². The number of benzene rings is 2. The summed E-state index contributed by atoms with van der Waals surface area (Å²) in [6, 6.07) is 11.3. The molecule has 0 radical (unpaired) electrons. The molecule has 0 fully saturated rings. The van der Waals surface area contributed by atoms with E-state index in [2.05, 4.69) is 17.2 Å². The minimum absolute atomic E-state index is 0.0140. The maximum atomic E-state index is 13.7. The third-order valence-corrected chi connectivity index (χ3v) is 2.84. The van der Waals surface area contributed by atoms with E-state index in [-0.39, 0.29) is 12.2 Å². The van der Waals surface area contributed by atoms with Crippen molar-refractivity contribution in [1.82, 2.24) is 0 Å². The van der Waals surface area contributed by atoms with Gasteiger partial charge < -0.3 is 10.4 Å². The average molecular weight is 283 g/mol. The average Bonchev–Trinajstić information content (AvgIpc) is 2.48. The van der Waals surface area contributed by atoms with Crippen LogP contribution in [0.5, 0.6) is 0 Å². The highest BCUT2D eigenvalue weighted by atomic mass is 19.1. The molecule has 0 bridgehead atoms. The summed E-state index contributed by atoms with van der Waals surface area (Å²) in [5.41, 5.74) is 1.83. The Morgan fingerprint density at radius 3 is 2.81 bits per heavy atom. The lowest BCUT2D eigenvalue weighted by atomic mass is 10.1. The van der Waals surface area contributed by atoms with Crippen molar-refractivity contribution in [1.29, 1.82) is 0 Å². The Morgan fingerprint density at radius 2 is 2.05 bits per heavy atom. The van der Waals surface area contributed by atoms with Gasteiger partial charge in [-0.3, -0.25) is 4.79 Å². The maximum absolute atomic E-state index is 13.7. The zero-order chi connectivity index (χ0) is 15.2. The third kappa shape index (κ3) is 3.68. The molecule has 0 aromatic heterocycles. The summed E-state index contributed by atoms with van der Waals surface area (Å²) in [6.45, 7) is 1.52. The van der Waals surface area contributed by atoms with E-state index in [4.69, 9.17) is 5.11 Å². The van der Waals surface area contributed by atoms with E-state index >= 15 is 0 Å². The van der Waals surface area contributed by atoms with E-state index in [0.29, 0.717) is 11.3 Å². The van der Waals surface area contributed by atoms with Crippen LogP contribution in [0.2, 0.25) is 0 Å². The van der Waals surface area contributed by atoms with Crippen molar-refractivity contribution in [2.45, 2.75) is 6.92 Å². The van der Waals surface area contributed by atoms with Gasteiger partial charge in [-0.05, 0) is 31.2 Å². The van der Waals surface area contributed by atoms with Crippen molar-refractivity contribution < 1.29 is 14.3 Å². The van der Waals surface area contributed by atoms with Gasteiger partial charge in [0.2, 0.25) is 0 Å². The summed E-state index contributed by atoms with van der Waals surface area (Å²) in [5, 5.41) is 11.4. The monoisotopic (exact) mass is 283 g/mol. The first-order chi connectivity index (χ1) is 10.1. The van der Waals surface area contributed by atoms with Gasteiger partial charge in [-0.25, -0.2) is 4.39 Å². The second-order valence-electron chi connectivity index (χ2n) is 4.44. The zero-order valence-corrected chi connectivity index (χ0v) is 11.5. The topological polar surface area (TPSA) is 49.3 Å². The van der Waals surface area contributed by atoms with E-state index in [1.54, 1.807) is 37.3 Å². The predicted octanol–water partition coefficient (Wildman–Crippen LogP) is 2.73. The van der Waals surface area contributed by atoms with Crippen molar-refractivity contribution in [3.63, 3.8) is 0 Å². The Labute approximate surface area is 122 Å². The Morgan fingerprint density at radius 1 is 1.29 bits per heavy atom. The van der Waals surface area contributed by atoms with Crippen LogP contribution in [0.15, 0.2) is 42.5 Å². The number of halogens is 1. The number of nitrogens with one attached hydrogen (secondary N) is 1. The highest BCUT2D eigenvalue weighted by Crippen LogP contribution is 2.17. The van der Waals surface area contributed by atoms with Crippen molar-refractivity contribution in [3.8, 4) is 11.8 Å². The number of hydrogen-bond donors (Lipinski definition) is 2. The molecule has 0 spiro atoms. The molecule has 0 saturated carbocycles. The smallest absolute Gasteiger partial charge is 0.258 e. The minimum Gasteiger partial charge on any atom is -0.384 e. The van der Waals surface area contributed by atoms with E-state index in [1.165, 1.54) is 12.1 Å². The largest absolute Gasteiger partial charge is 0.384 e. The molecule has 1 amide bonds. The molecule has 2 N–H and O–H groups in total. The van der Waals surface area contributed by atoms with Gasteiger partial charge in [0.15, 0.2) is 0 Å². The maximum Gasteiger partial charge on any atom is 0.258 e. The quantitative estimate of drug-likeness (QED) is 0.833. The number of para-hydroxylation sites is 1. The Hall–Kier alpha value is -2.64. The van der Waals surface area contributed by atoms with E-state index in [9.17, 15) is 9.18 Å². The van der Waals surface area contributed by atoms with Crippen LogP contribution in [-0.2, 0) is 0 Å². The molecule has 0 unspecified atom stereocenters. The van der Waals surface area contributed by atoms with Gasteiger partial charge in [-0.15, -0.1) is 0 Å². The molecule has 0 saturated heterocycles. The fraction of sp³-hybridized carbons (Fsp3) is 0.118. The number of amides is 1. The number of aliphatic hydroxyl groups excluding tert-OH is 1. The first kappa shape index (κ1) is 14.8. The molecule has 3 nitrogen and oxygen atoms in total. The third-order valence-electron chi connectivity index (χ3n) is 2.84. The van der Waals surface area contributed by atoms with Crippen LogP contribution in [0.1, 0.15) is 21.5 Å². The first-order valence-corrected chi connectivity index (χ1v) is 6.38. The lowest BCUT2D eigenvalue weighted by Crippen LogP contribution is -2.14. The summed E-state index contributed by atoms with van der Waals surface area (Å²) >= 11 is 0. The second kappa shape index (κ2) is 6.69. The molecule has 4 heteroatoms. The SMILES string of the molecule is Cc1ccc(F)c(C(=O)Nc2ccccc2C#CCO)c1.